The molecule has 1 fully saturated rings. The van der Waals surface area contributed by atoms with Crippen molar-refractivity contribution in [1.82, 2.24) is 4.90 Å². The maximum Gasteiger partial charge on any atom is 0.303 e. The number of rotatable bonds is 5. The molecule has 4 heteroatoms. The van der Waals surface area contributed by atoms with Gasteiger partial charge in [0.05, 0.1) is 0 Å². The Morgan fingerprint density at radius 2 is 2.00 bits per heavy atom. The summed E-state index contributed by atoms with van der Waals surface area (Å²) in [5, 5.41) is 18.1. The zero-order chi connectivity index (χ0) is 13.7. The third kappa shape index (κ3) is 4.24. The number of phenols is 1. The van der Waals surface area contributed by atoms with Crippen molar-refractivity contribution in [3.05, 3.63) is 29.8 Å². The van der Waals surface area contributed by atoms with Crippen molar-refractivity contribution in [3.63, 3.8) is 0 Å². The summed E-state index contributed by atoms with van der Waals surface area (Å²) >= 11 is 0. The maximum atomic E-state index is 10.7. The van der Waals surface area contributed by atoms with E-state index in [2.05, 4.69) is 4.90 Å². The van der Waals surface area contributed by atoms with E-state index in [0.717, 1.165) is 25.9 Å². The maximum absolute atomic E-state index is 10.7. The van der Waals surface area contributed by atoms with Crippen LogP contribution in [0.1, 0.15) is 37.7 Å². The van der Waals surface area contributed by atoms with E-state index in [4.69, 9.17) is 5.11 Å². The molecule has 1 saturated heterocycles. The first-order chi connectivity index (χ1) is 9.15. The molecule has 1 atom stereocenters. The fraction of sp³-hybridized carbons (Fsp3) is 0.533. The van der Waals surface area contributed by atoms with Gasteiger partial charge >= 0.3 is 5.97 Å². The van der Waals surface area contributed by atoms with Crippen LogP contribution in [-0.4, -0.2) is 33.7 Å². The van der Waals surface area contributed by atoms with Crippen LogP contribution in [0.5, 0.6) is 5.75 Å². The van der Waals surface area contributed by atoms with Gasteiger partial charge in [-0.2, -0.15) is 0 Å². The molecular weight excluding hydrogens is 242 g/mol. The summed E-state index contributed by atoms with van der Waals surface area (Å²) in [5.41, 5.74) is 1.17. The van der Waals surface area contributed by atoms with Crippen LogP contribution in [0.15, 0.2) is 24.3 Å². The summed E-state index contributed by atoms with van der Waals surface area (Å²) in [6.07, 6.45) is 4.44. The van der Waals surface area contributed by atoms with E-state index in [0.29, 0.717) is 6.04 Å². The number of benzene rings is 1. The molecule has 1 unspecified atom stereocenters. The molecule has 0 aromatic heterocycles. The van der Waals surface area contributed by atoms with Gasteiger partial charge in [-0.05, 0) is 43.5 Å². The van der Waals surface area contributed by atoms with Gasteiger partial charge in [0.25, 0.3) is 0 Å². The zero-order valence-electron chi connectivity index (χ0n) is 11.1. The first kappa shape index (κ1) is 13.9. The molecule has 104 valence electrons. The Kier molecular flexibility index (Phi) is 4.80. The van der Waals surface area contributed by atoms with Gasteiger partial charge in [0.1, 0.15) is 5.75 Å². The van der Waals surface area contributed by atoms with Crippen LogP contribution in [0.4, 0.5) is 0 Å². The molecule has 0 saturated carbocycles. The van der Waals surface area contributed by atoms with Crippen LogP contribution in [0.2, 0.25) is 0 Å². The topological polar surface area (TPSA) is 60.8 Å². The number of aliphatic carboxylic acids is 1. The highest BCUT2D eigenvalue weighted by atomic mass is 16.4. The second-order valence-corrected chi connectivity index (χ2v) is 5.22. The number of nitrogens with zero attached hydrogens (tertiary/aromatic N) is 1. The average molecular weight is 263 g/mol. The monoisotopic (exact) mass is 263 g/mol. The van der Waals surface area contributed by atoms with Gasteiger partial charge in [-0.1, -0.05) is 18.6 Å². The molecule has 1 aromatic rings. The van der Waals surface area contributed by atoms with Crippen molar-refractivity contribution in [3.8, 4) is 5.75 Å². The third-order valence-electron chi connectivity index (χ3n) is 3.76. The van der Waals surface area contributed by atoms with E-state index in [9.17, 15) is 9.90 Å². The molecule has 0 aliphatic carbocycles. The minimum atomic E-state index is -0.713. The van der Waals surface area contributed by atoms with Crippen LogP contribution in [0.25, 0.3) is 0 Å². The first-order valence-electron chi connectivity index (χ1n) is 6.89. The molecule has 0 spiro atoms. The van der Waals surface area contributed by atoms with Crippen LogP contribution in [0.3, 0.4) is 0 Å². The Morgan fingerprint density at radius 3 is 2.68 bits per heavy atom. The minimum Gasteiger partial charge on any atom is -0.508 e. The van der Waals surface area contributed by atoms with Crippen LogP contribution >= 0.6 is 0 Å². The molecule has 1 aromatic carbocycles. The molecule has 1 aliphatic rings. The quantitative estimate of drug-likeness (QED) is 0.857. The Balaban J connectivity index is 1.95. The van der Waals surface area contributed by atoms with E-state index in [1.165, 1.54) is 18.4 Å². The van der Waals surface area contributed by atoms with Crippen LogP contribution < -0.4 is 0 Å². The zero-order valence-corrected chi connectivity index (χ0v) is 11.1. The van der Waals surface area contributed by atoms with Gasteiger partial charge in [0, 0.05) is 19.0 Å². The molecule has 1 heterocycles. The fourth-order valence-electron chi connectivity index (χ4n) is 2.72. The highest BCUT2D eigenvalue weighted by molar-refractivity contribution is 5.66. The molecule has 2 N–H and O–H groups in total. The minimum absolute atomic E-state index is 0.247. The predicted molar refractivity (Wildman–Crippen MR) is 73.0 cm³/mol. The van der Waals surface area contributed by atoms with E-state index < -0.39 is 5.97 Å². The number of phenolic OH excluding ortho intramolecular Hbond substituents is 1. The number of piperidine rings is 1. The van der Waals surface area contributed by atoms with Gasteiger partial charge in [-0.15, -0.1) is 0 Å². The standard InChI is InChI=1S/C15H21NO3/c17-14-7-4-12(5-8-14)11-16-10-2-1-3-13(16)6-9-15(18)19/h4-5,7-8,13,17H,1-3,6,9-11H2,(H,18,19). The largest absolute Gasteiger partial charge is 0.508 e. The second-order valence-electron chi connectivity index (χ2n) is 5.22. The van der Waals surface area contributed by atoms with Gasteiger partial charge in [0.15, 0.2) is 0 Å². The summed E-state index contributed by atoms with van der Waals surface area (Å²) in [4.78, 5) is 13.1. The van der Waals surface area contributed by atoms with Crippen molar-refractivity contribution in [2.45, 2.75) is 44.7 Å². The van der Waals surface area contributed by atoms with E-state index in [1.807, 2.05) is 12.1 Å². The van der Waals surface area contributed by atoms with Gasteiger partial charge in [-0.3, -0.25) is 9.69 Å². The van der Waals surface area contributed by atoms with Crippen molar-refractivity contribution >= 4 is 5.97 Å². The van der Waals surface area contributed by atoms with Gasteiger partial charge in [0.2, 0.25) is 0 Å². The van der Waals surface area contributed by atoms with E-state index in [1.54, 1.807) is 12.1 Å². The lowest BCUT2D eigenvalue weighted by atomic mass is 9.97. The number of hydrogen-bond donors (Lipinski definition) is 2. The Labute approximate surface area is 113 Å². The molecule has 19 heavy (non-hydrogen) atoms. The van der Waals surface area contributed by atoms with Gasteiger partial charge < -0.3 is 10.2 Å². The highest BCUT2D eigenvalue weighted by Gasteiger charge is 2.22. The Hall–Kier alpha value is -1.55. The normalized spacial score (nSPS) is 20.3. The summed E-state index contributed by atoms with van der Waals surface area (Å²) in [6.45, 7) is 1.87. The summed E-state index contributed by atoms with van der Waals surface area (Å²) in [7, 11) is 0. The molecule has 2 rings (SSSR count). The third-order valence-corrected chi connectivity index (χ3v) is 3.76. The molecule has 4 nitrogen and oxygen atoms in total. The van der Waals surface area contributed by atoms with Crippen molar-refractivity contribution in [2.24, 2.45) is 0 Å². The van der Waals surface area contributed by atoms with Gasteiger partial charge in [-0.25, -0.2) is 0 Å². The SMILES string of the molecule is O=C(O)CCC1CCCCN1Cc1ccc(O)cc1. The van der Waals surface area contributed by atoms with Crippen molar-refractivity contribution < 1.29 is 15.0 Å². The molecule has 1 aliphatic heterocycles. The molecule has 0 radical (unpaired) electrons. The first-order valence-corrected chi connectivity index (χ1v) is 6.89. The van der Waals surface area contributed by atoms with E-state index >= 15 is 0 Å². The highest BCUT2D eigenvalue weighted by Crippen LogP contribution is 2.23. The Morgan fingerprint density at radius 1 is 1.26 bits per heavy atom. The molecule has 0 amide bonds. The Bertz CT molecular complexity index is 416. The number of hydrogen-bond acceptors (Lipinski definition) is 3. The lowest BCUT2D eigenvalue weighted by Crippen LogP contribution is -2.39. The summed E-state index contributed by atoms with van der Waals surface area (Å²) in [5.74, 6) is -0.431. The van der Waals surface area contributed by atoms with Crippen LogP contribution in [0, 0.1) is 0 Å². The number of carboxylic acid groups (broad SMARTS) is 1. The van der Waals surface area contributed by atoms with Crippen molar-refractivity contribution in [2.75, 3.05) is 6.54 Å². The van der Waals surface area contributed by atoms with E-state index in [-0.39, 0.29) is 12.2 Å². The predicted octanol–water partition coefficient (Wildman–Crippen LogP) is 2.61. The second kappa shape index (κ2) is 6.57. The number of carbonyl (C=O) groups is 1. The lowest BCUT2D eigenvalue weighted by molar-refractivity contribution is -0.137. The van der Waals surface area contributed by atoms with Crippen molar-refractivity contribution in [1.29, 1.82) is 0 Å². The number of likely N-dealkylation sites (tertiary alicyclic amines) is 1. The fourth-order valence-corrected chi connectivity index (χ4v) is 2.72. The molecular formula is C15H21NO3. The smallest absolute Gasteiger partial charge is 0.303 e. The molecule has 0 bridgehead atoms. The lowest BCUT2D eigenvalue weighted by Gasteiger charge is -2.35. The summed E-state index contributed by atoms with van der Waals surface area (Å²) < 4.78 is 0. The summed E-state index contributed by atoms with van der Waals surface area (Å²) in [6, 6.07) is 7.63. The van der Waals surface area contributed by atoms with Crippen LogP contribution in [-0.2, 0) is 11.3 Å². The number of aromatic hydroxyl groups is 1. The average Bonchev–Trinajstić information content (AvgIpc) is 2.40. The number of carboxylic acids is 1.